The van der Waals surface area contributed by atoms with Crippen LogP contribution in [0.3, 0.4) is 0 Å². The van der Waals surface area contributed by atoms with E-state index in [2.05, 4.69) is 18.7 Å². The first-order valence-electron chi connectivity index (χ1n) is 8.95. The Morgan fingerprint density at radius 2 is 2.00 bits per heavy atom. The first kappa shape index (κ1) is 15.3. The van der Waals surface area contributed by atoms with E-state index in [9.17, 15) is 4.79 Å². The van der Waals surface area contributed by atoms with Crippen LogP contribution in [0, 0.1) is 6.92 Å². The molecule has 2 aliphatic heterocycles. The molecule has 0 unspecified atom stereocenters. The van der Waals surface area contributed by atoms with Crippen molar-refractivity contribution >= 4 is 23.1 Å². The van der Waals surface area contributed by atoms with Crippen LogP contribution >= 0.6 is 11.3 Å². The molecule has 2 aromatic rings. The van der Waals surface area contributed by atoms with E-state index in [-0.39, 0.29) is 5.91 Å². The fraction of sp³-hybridized carbons (Fsp3) is 0.526. The number of pyridine rings is 1. The van der Waals surface area contributed by atoms with Crippen LogP contribution in [0.25, 0.3) is 0 Å². The molecule has 0 saturated heterocycles. The molecular weight excluding hydrogens is 332 g/mol. The van der Waals surface area contributed by atoms with Crippen molar-refractivity contribution in [1.29, 1.82) is 0 Å². The van der Waals surface area contributed by atoms with Gasteiger partial charge in [0.1, 0.15) is 5.82 Å². The van der Waals surface area contributed by atoms with E-state index in [1.165, 1.54) is 28.4 Å². The highest BCUT2D eigenvalue weighted by atomic mass is 32.1. The molecule has 1 amide bonds. The molecule has 25 heavy (non-hydrogen) atoms. The van der Waals surface area contributed by atoms with Gasteiger partial charge in [-0.05, 0) is 31.4 Å². The summed E-state index contributed by atoms with van der Waals surface area (Å²) in [5.41, 5.74) is 4.40. The van der Waals surface area contributed by atoms with Crippen molar-refractivity contribution in [3.63, 3.8) is 0 Å². The zero-order valence-electron chi connectivity index (χ0n) is 14.9. The van der Waals surface area contributed by atoms with Crippen LogP contribution in [0.5, 0.6) is 0 Å². The number of fused-ring (bicyclic) bond motifs is 2. The van der Waals surface area contributed by atoms with Crippen molar-refractivity contribution in [2.45, 2.75) is 51.6 Å². The molecule has 3 aliphatic rings. The second kappa shape index (κ2) is 5.04. The van der Waals surface area contributed by atoms with Crippen molar-refractivity contribution < 1.29 is 4.79 Å². The third-order valence-corrected chi connectivity index (χ3v) is 7.17. The lowest BCUT2D eigenvalue weighted by molar-refractivity contribution is 0.0816. The SMILES string of the molecule is Cc1cc2c(nc1N1CCc3nc(C4(C)CC4)sc3C1)CN(C)C2=O. The molecule has 0 aromatic carbocycles. The minimum absolute atomic E-state index is 0.0860. The number of amides is 1. The van der Waals surface area contributed by atoms with E-state index in [1.807, 2.05) is 24.5 Å². The van der Waals surface area contributed by atoms with Crippen LogP contribution in [0.2, 0.25) is 0 Å². The minimum atomic E-state index is 0.0860. The predicted octanol–water partition coefficient (Wildman–Crippen LogP) is 3.05. The van der Waals surface area contributed by atoms with Gasteiger partial charge in [0.15, 0.2) is 0 Å². The van der Waals surface area contributed by atoms with Crippen molar-refractivity contribution in [3.05, 3.63) is 38.5 Å². The van der Waals surface area contributed by atoms with Crippen molar-refractivity contribution in [3.8, 4) is 0 Å². The number of rotatable bonds is 2. The van der Waals surface area contributed by atoms with Gasteiger partial charge in [0.2, 0.25) is 0 Å². The van der Waals surface area contributed by atoms with E-state index >= 15 is 0 Å². The lowest BCUT2D eigenvalue weighted by atomic mass is 10.1. The molecule has 1 saturated carbocycles. The fourth-order valence-corrected chi connectivity index (χ4v) is 5.13. The average Bonchev–Trinajstić information content (AvgIpc) is 3.09. The molecule has 0 radical (unpaired) electrons. The summed E-state index contributed by atoms with van der Waals surface area (Å²) in [7, 11) is 1.84. The third kappa shape index (κ3) is 2.30. The van der Waals surface area contributed by atoms with E-state index in [4.69, 9.17) is 9.97 Å². The van der Waals surface area contributed by atoms with Crippen LogP contribution in [0.4, 0.5) is 5.82 Å². The van der Waals surface area contributed by atoms with E-state index < -0.39 is 0 Å². The lowest BCUT2D eigenvalue weighted by Gasteiger charge is -2.28. The summed E-state index contributed by atoms with van der Waals surface area (Å²) in [5.74, 6) is 1.11. The number of thiazole rings is 1. The third-order valence-electron chi connectivity index (χ3n) is 5.78. The van der Waals surface area contributed by atoms with Gasteiger partial charge in [0, 0.05) is 30.3 Å². The summed E-state index contributed by atoms with van der Waals surface area (Å²) in [4.78, 5) is 27.5. The molecule has 0 N–H and O–H groups in total. The summed E-state index contributed by atoms with van der Waals surface area (Å²) in [5, 5.41) is 1.32. The molecule has 6 heteroatoms. The smallest absolute Gasteiger partial charge is 0.255 e. The van der Waals surface area contributed by atoms with E-state index in [1.54, 1.807) is 4.90 Å². The standard InChI is InChI=1S/C19H22N4OS/c1-11-8-12-14(9-22(3)17(12)24)20-16(11)23-7-4-13-15(10-23)25-18(21-13)19(2)5-6-19/h8H,4-7,9-10H2,1-3H3. The summed E-state index contributed by atoms with van der Waals surface area (Å²) in [6, 6.07) is 2.02. The second-order valence-electron chi connectivity index (χ2n) is 7.91. The molecule has 4 heterocycles. The maximum absolute atomic E-state index is 12.2. The molecule has 2 aromatic heterocycles. The van der Waals surface area contributed by atoms with E-state index in [0.29, 0.717) is 12.0 Å². The Kier molecular flexibility index (Phi) is 3.08. The number of hydrogen-bond donors (Lipinski definition) is 0. The summed E-state index contributed by atoms with van der Waals surface area (Å²) >= 11 is 1.89. The number of aryl methyl sites for hydroxylation is 1. The number of aromatic nitrogens is 2. The molecule has 5 rings (SSSR count). The summed E-state index contributed by atoms with van der Waals surface area (Å²) < 4.78 is 0. The Hall–Kier alpha value is -1.95. The normalized spacial score (nSPS) is 20.7. The Balaban J connectivity index is 1.46. The first-order valence-corrected chi connectivity index (χ1v) is 9.76. The van der Waals surface area contributed by atoms with Crippen LogP contribution in [-0.2, 0) is 24.9 Å². The van der Waals surface area contributed by atoms with Gasteiger partial charge in [-0.3, -0.25) is 4.79 Å². The number of anilines is 1. The Morgan fingerprint density at radius 1 is 1.20 bits per heavy atom. The summed E-state index contributed by atoms with van der Waals surface area (Å²) in [6.45, 7) is 6.84. The largest absolute Gasteiger partial charge is 0.351 e. The zero-order chi connectivity index (χ0) is 17.3. The minimum Gasteiger partial charge on any atom is -0.351 e. The molecular formula is C19H22N4OS. The van der Waals surface area contributed by atoms with Gasteiger partial charge in [0.05, 0.1) is 35.0 Å². The van der Waals surface area contributed by atoms with Crippen molar-refractivity contribution in [1.82, 2.24) is 14.9 Å². The average molecular weight is 354 g/mol. The van der Waals surface area contributed by atoms with Gasteiger partial charge in [-0.1, -0.05) is 6.92 Å². The number of hydrogen-bond acceptors (Lipinski definition) is 5. The fourth-order valence-electron chi connectivity index (χ4n) is 3.80. The zero-order valence-corrected chi connectivity index (χ0v) is 15.7. The van der Waals surface area contributed by atoms with Crippen LogP contribution < -0.4 is 4.90 Å². The van der Waals surface area contributed by atoms with E-state index in [0.717, 1.165) is 42.1 Å². The van der Waals surface area contributed by atoms with Gasteiger partial charge in [-0.25, -0.2) is 9.97 Å². The Bertz CT molecular complexity index is 899. The molecule has 5 nitrogen and oxygen atoms in total. The quantitative estimate of drug-likeness (QED) is 0.832. The van der Waals surface area contributed by atoms with Gasteiger partial charge >= 0.3 is 0 Å². The highest BCUT2D eigenvalue weighted by molar-refractivity contribution is 7.12. The Labute approximate surface area is 151 Å². The highest BCUT2D eigenvalue weighted by Crippen LogP contribution is 2.50. The number of carbonyl (C=O) groups is 1. The lowest BCUT2D eigenvalue weighted by Crippen LogP contribution is -2.31. The highest BCUT2D eigenvalue weighted by Gasteiger charge is 2.43. The van der Waals surface area contributed by atoms with Gasteiger partial charge in [0.25, 0.3) is 5.91 Å². The maximum Gasteiger partial charge on any atom is 0.255 e. The number of nitrogens with zero attached hydrogens (tertiary/aromatic N) is 4. The summed E-state index contributed by atoms with van der Waals surface area (Å²) in [6.07, 6.45) is 3.53. The van der Waals surface area contributed by atoms with Gasteiger partial charge in [-0.15, -0.1) is 11.3 Å². The molecule has 0 atom stereocenters. The Morgan fingerprint density at radius 3 is 2.76 bits per heavy atom. The first-order chi connectivity index (χ1) is 11.9. The van der Waals surface area contributed by atoms with Crippen LogP contribution in [0.15, 0.2) is 6.07 Å². The van der Waals surface area contributed by atoms with Crippen LogP contribution in [0.1, 0.15) is 57.0 Å². The van der Waals surface area contributed by atoms with Gasteiger partial charge in [-0.2, -0.15) is 0 Å². The van der Waals surface area contributed by atoms with Crippen molar-refractivity contribution in [2.75, 3.05) is 18.5 Å². The van der Waals surface area contributed by atoms with Gasteiger partial charge < -0.3 is 9.80 Å². The monoisotopic (exact) mass is 354 g/mol. The second-order valence-corrected chi connectivity index (χ2v) is 8.99. The maximum atomic E-state index is 12.2. The molecule has 0 spiro atoms. The molecule has 130 valence electrons. The molecule has 1 aliphatic carbocycles. The van der Waals surface area contributed by atoms with Crippen molar-refractivity contribution in [2.24, 2.45) is 0 Å². The molecule has 1 fully saturated rings. The molecule has 0 bridgehead atoms. The predicted molar refractivity (Wildman–Crippen MR) is 98.2 cm³/mol. The topological polar surface area (TPSA) is 49.3 Å². The number of carbonyl (C=O) groups excluding carboxylic acids is 1. The van der Waals surface area contributed by atoms with Crippen LogP contribution in [-0.4, -0.2) is 34.4 Å².